The molecule has 6 heteroatoms. The number of hydrogen-bond donors (Lipinski definition) is 1. The van der Waals surface area contributed by atoms with Gasteiger partial charge in [0.2, 0.25) is 0 Å². The van der Waals surface area contributed by atoms with E-state index in [2.05, 4.69) is 63.3 Å². The van der Waals surface area contributed by atoms with Crippen molar-refractivity contribution in [2.75, 3.05) is 19.6 Å². The van der Waals surface area contributed by atoms with Crippen LogP contribution in [0.15, 0.2) is 82.5 Å². The highest BCUT2D eigenvalue weighted by atomic mass is 32.2. The molecule has 1 unspecified atom stereocenters. The maximum absolute atomic E-state index is 12.7. The number of hydrogen-bond acceptors (Lipinski definition) is 3. The largest absolute Gasteiger partial charge is 0.326 e. The van der Waals surface area contributed by atoms with Gasteiger partial charge in [-0.15, -0.1) is 11.8 Å². The lowest BCUT2D eigenvalue weighted by atomic mass is 9.78. The number of para-hydroxylation sites is 2. The van der Waals surface area contributed by atoms with E-state index in [1.165, 1.54) is 10.5 Å². The average molecular weight is 481 g/mol. The summed E-state index contributed by atoms with van der Waals surface area (Å²) >= 11 is 1.84. The van der Waals surface area contributed by atoms with Crippen molar-refractivity contribution in [3.8, 4) is 0 Å². The van der Waals surface area contributed by atoms with Gasteiger partial charge in [0.05, 0.1) is 16.6 Å². The zero-order valence-corrected chi connectivity index (χ0v) is 20.4. The summed E-state index contributed by atoms with van der Waals surface area (Å²) in [4.78, 5) is 23.7. The van der Waals surface area contributed by atoms with Crippen molar-refractivity contribution in [2.24, 2.45) is 0 Å². The average Bonchev–Trinajstić information content (AvgIpc) is 3.17. The molecule has 6 rings (SSSR count). The Labute approximate surface area is 209 Å². The Kier molecular flexibility index (Phi) is 5.75. The molecule has 2 aliphatic rings. The van der Waals surface area contributed by atoms with Gasteiger partial charge in [-0.1, -0.05) is 48.5 Å². The Bertz CT molecular complexity index is 1420. The van der Waals surface area contributed by atoms with Gasteiger partial charge >= 0.3 is 5.69 Å². The summed E-state index contributed by atoms with van der Waals surface area (Å²) in [6.45, 7) is 11.1. The molecule has 2 aliphatic heterocycles. The molecule has 1 atom stereocenters. The standard InChI is InChI=1S/C29H28N4OS/c1-30-29(23-9-3-2-8-21(23)20-35-27-13-7-4-10-24(27)29)16-19-32-17-14-22(15-18-32)33-26-12-6-5-11-25(26)31-28(33)34/h2-13,22H,14-20H2,(H,31,34). The van der Waals surface area contributed by atoms with Crippen LogP contribution in [0.25, 0.3) is 15.9 Å². The van der Waals surface area contributed by atoms with Crippen molar-refractivity contribution in [3.63, 3.8) is 0 Å². The number of likely N-dealkylation sites (tertiary alicyclic amines) is 1. The number of piperidine rings is 1. The van der Waals surface area contributed by atoms with E-state index in [0.29, 0.717) is 0 Å². The predicted molar refractivity (Wildman–Crippen MR) is 142 cm³/mol. The lowest BCUT2D eigenvalue weighted by molar-refractivity contribution is 0.178. The summed E-state index contributed by atoms with van der Waals surface area (Å²) in [6, 6.07) is 25.1. The molecule has 0 spiro atoms. The van der Waals surface area contributed by atoms with Crippen molar-refractivity contribution in [3.05, 3.63) is 111 Å². The number of aromatic amines is 1. The van der Waals surface area contributed by atoms with Crippen LogP contribution in [0.2, 0.25) is 0 Å². The molecular weight excluding hydrogens is 452 g/mol. The maximum Gasteiger partial charge on any atom is 0.326 e. The van der Waals surface area contributed by atoms with Crippen LogP contribution in [0, 0.1) is 6.57 Å². The van der Waals surface area contributed by atoms with E-state index in [1.54, 1.807) is 0 Å². The van der Waals surface area contributed by atoms with E-state index in [4.69, 9.17) is 6.57 Å². The van der Waals surface area contributed by atoms with Gasteiger partial charge in [0.1, 0.15) is 0 Å². The van der Waals surface area contributed by atoms with Crippen LogP contribution in [-0.2, 0) is 11.3 Å². The number of aromatic nitrogens is 2. The molecule has 0 amide bonds. The number of fused-ring (bicyclic) bond motifs is 3. The van der Waals surface area contributed by atoms with E-state index in [-0.39, 0.29) is 11.7 Å². The summed E-state index contributed by atoms with van der Waals surface area (Å²) in [5, 5.41) is 0. The molecule has 0 aliphatic carbocycles. The molecule has 4 aromatic rings. The van der Waals surface area contributed by atoms with Crippen molar-refractivity contribution in [1.29, 1.82) is 0 Å². The Morgan fingerprint density at radius 3 is 2.51 bits per heavy atom. The van der Waals surface area contributed by atoms with E-state index in [0.717, 1.165) is 66.8 Å². The number of benzene rings is 3. The second-order valence-electron chi connectivity index (χ2n) is 9.55. The van der Waals surface area contributed by atoms with Crippen LogP contribution in [0.4, 0.5) is 0 Å². The van der Waals surface area contributed by atoms with E-state index in [9.17, 15) is 4.79 Å². The number of rotatable bonds is 4. The molecule has 0 bridgehead atoms. The molecule has 35 heavy (non-hydrogen) atoms. The minimum atomic E-state index is -0.665. The summed E-state index contributed by atoms with van der Waals surface area (Å²) in [7, 11) is 0. The lowest BCUT2D eigenvalue weighted by Gasteiger charge is -2.34. The van der Waals surface area contributed by atoms with Crippen LogP contribution < -0.4 is 5.69 Å². The minimum Gasteiger partial charge on any atom is -0.306 e. The second-order valence-corrected chi connectivity index (χ2v) is 10.6. The first-order chi connectivity index (χ1) is 17.2. The third kappa shape index (κ3) is 3.80. The summed E-state index contributed by atoms with van der Waals surface area (Å²) < 4.78 is 1.95. The Morgan fingerprint density at radius 1 is 0.971 bits per heavy atom. The molecule has 3 heterocycles. The summed E-state index contributed by atoms with van der Waals surface area (Å²) in [5.41, 5.74) is 4.79. The fraction of sp³-hybridized carbons (Fsp3) is 0.310. The zero-order valence-electron chi connectivity index (χ0n) is 19.6. The molecule has 1 aromatic heterocycles. The molecule has 0 radical (unpaired) electrons. The monoisotopic (exact) mass is 480 g/mol. The SMILES string of the molecule is [C-]#[N+]C1(CCN2CCC(n3c(=O)[nH]c4ccccc43)CC2)c2ccccc2CSc2ccccc21. The van der Waals surface area contributed by atoms with Crippen LogP contribution in [0.5, 0.6) is 0 Å². The highest BCUT2D eigenvalue weighted by Crippen LogP contribution is 2.47. The fourth-order valence-electron chi connectivity index (χ4n) is 5.89. The second kappa shape index (κ2) is 9.07. The first-order valence-electron chi connectivity index (χ1n) is 12.3. The number of nitrogens with zero attached hydrogens (tertiary/aromatic N) is 3. The van der Waals surface area contributed by atoms with Gasteiger partial charge in [-0.25, -0.2) is 11.4 Å². The third-order valence-electron chi connectivity index (χ3n) is 7.71. The van der Waals surface area contributed by atoms with Crippen molar-refractivity contribution < 1.29 is 0 Å². The van der Waals surface area contributed by atoms with Gasteiger partial charge in [0.15, 0.2) is 0 Å². The highest BCUT2D eigenvalue weighted by molar-refractivity contribution is 7.98. The van der Waals surface area contributed by atoms with Crippen molar-refractivity contribution in [2.45, 2.75) is 41.5 Å². The molecule has 5 nitrogen and oxygen atoms in total. The maximum atomic E-state index is 12.7. The van der Waals surface area contributed by atoms with Gasteiger partial charge in [0, 0.05) is 48.3 Å². The van der Waals surface area contributed by atoms with Gasteiger partial charge in [-0.2, -0.15) is 0 Å². The zero-order chi connectivity index (χ0) is 23.8. The van der Waals surface area contributed by atoms with Crippen LogP contribution in [0.1, 0.15) is 42.0 Å². The predicted octanol–water partition coefficient (Wildman–Crippen LogP) is 5.83. The van der Waals surface area contributed by atoms with Crippen molar-refractivity contribution in [1.82, 2.24) is 14.5 Å². The molecule has 1 saturated heterocycles. The fourth-order valence-corrected chi connectivity index (χ4v) is 7.02. The van der Waals surface area contributed by atoms with Crippen LogP contribution >= 0.6 is 11.8 Å². The molecule has 3 aromatic carbocycles. The van der Waals surface area contributed by atoms with E-state index < -0.39 is 5.54 Å². The van der Waals surface area contributed by atoms with Gasteiger partial charge in [0.25, 0.3) is 5.54 Å². The minimum absolute atomic E-state index is 0.0132. The van der Waals surface area contributed by atoms with E-state index in [1.807, 2.05) is 40.6 Å². The summed E-state index contributed by atoms with van der Waals surface area (Å²) in [6.07, 6.45) is 2.65. The van der Waals surface area contributed by atoms with Gasteiger partial charge < -0.3 is 9.88 Å². The lowest BCUT2D eigenvalue weighted by Crippen LogP contribution is -2.39. The smallest absolute Gasteiger partial charge is 0.306 e. The number of H-pyrrole nitrogens is 1. The van der Waals surface area contributed by atoms with Gasteiger partial charge in [-0.3, -0.25) is 9.41 Å². The molecule has 176 valence electrons. The first-order valence-corrected chi connectivity index (χ1v) is 13.3. The highest BCUT2D eigenvalue weighted by Gasteiger charge is 2.46. The Morgan fingerprint density at radius 2 is 1.69 bits per heavy atom. The summed E-state index contributed by atoms with van der Waals surface area (Å²) in [5.74, 6) is 0.898. The van der Waals surface area contributed by atoms with Crippen LogP contribution in [-0.4, -0.2) is 34.1 Å². The first kappa shape index (κ1) is 22.2. The normalized spacial score (nSPS) is 20.7. The van der Waals surface area contributed by atoms with Crippen LogP contribution in [0.3, 0.4) is 0 Å². The third-order valence-corrected chi connectivity index (χ3v) is 8.83. The molecule has 0 saturated carbocycles. The van der Waals surface area contributed by atoms with Crippen molar-refractivity contribution >= 4 is 22.8 Å². The molecule has 1 N–H and O–H groups in total. The number of thioether (sulfide) groups is 1. The number of imidazole rings is 1. The van der Waals surface area contributed by atoms with E-state index >= 15 is 0 Å². The molecular formula is C29H28N4OS. The van der Waals surface area contributed by atoms with Gasteiger partial charge in [-0.05, 0) is 42.7 Å². The Balaban J connectivity index is 1.24. The number of nitrogens with one attached hydrogen (secondary N) is 1. The molecule has 1 fully saturated rings. The quantitative estimate of drug-likeness (QED) is 0.374. The Hall–Kier alpha value is -3.27. The topological polar surface area (TPSA) is 45.4 Å².